The fourth-order valence-corrected chi connectivity index (χ4v) is 8.58. The van der Waals surface area contributed by atoms with Gasteiger partial charge in [0.1, 0.15) is 34.7 Å². The number of ether oxygens (including phenoxy) is 6. The van der Waals surface area contributed by atoms with E-state index in [0.717, 1.165) is 11.8 Å². The Morgan fingerprint density at radius 2 is 1.47 bits per heavy atom. The number of amides is 1. The average molecular weight is 935 g/mol. The van der Waals surface area contributed by atoms with Crippen molar-refractivity contribution < 1.29 is 67.4 Å². The Hall–Kier alpha value is -6.88. The molecule has 16 nitrogen and oxygen atoms in total. The molecule has 1 aliphatic carbocycles. The molecule has 0 unspecified atom stereocenters. The van der Waals surface area contributed by atoms with Crippen LogP contribution < -0.4 is 24.8 Å². The summed E-state index contributed by atoms with van der Waals surface area (Å²) >= 11 is 0. The standard InChI is InChI=1S/C52H58N2O14/c1-25-15-17-33(18-16-25)51(62)67-47-31(7)48-39-37-38(47)45(59)41(40(44(37)58)53-34-19-21-35(63-10)22-20-34)54-50(61)27(3)14-12-13-26(2)42(56)29(5)43(57)30(6)46(66-32(8)55)28(4)36(64-11)23-24-65-52(9,68-48)49(39)60/h12-24,26,28-30,36,42-43,46,53,56-57H,1-11H3,(H,54,61)/b13-12-,24-23-,27-14-/t26-,28+,29+,30-,36-,42-,43-,46+,52-/m0/s1. The molecule has 0 saturated carbocycles. The van der Waals surface area contributed by atoms with Gasteiger partial charge >= 0.3 is 17.7 Å². The van der Waals surface area contributed by atoms with Crippen molar-refractivity contribution in [2.75, 3.05) is 19.5 Å². The van der Waals surface area contributed by atoms with Crippen molar-refractivity contribution in [3.63, 3.8) is 0 Å². The van der Waals surface area contributed by atoms with Crippen LogP contribution >= 0.6 is 0 Å². The van der Waals surface area contributed by atoms with E-state index < -0.39 is 117 Å². The largest absolute Gasteiger partial charge is 0.497 e. The number of aryl methyl sites for hydroxylation is 1. The summed E-state index contributed by atoms with van der Waals surface area (Å²) in [6.07, 6.45) is 3.15. The molecule has 0 fully saturated rings. The third-order valence-electron chi connectivity index (χ3n) is 12.8. The van der Waals surface area contributed by atoms with Gasteiger partial charge < -0.3 is 49.3 Å². The van der Waals surface area contributed by atoms with Crippen molar-refractivity contribution in [3.8, 4) is 17.2 Å². The lowest BCUT2D eigenvalue weighted by Gasteiger charge is -2.38. The summed E-state index contributed by atoms with van der Waals surface area (Å²) in [5.74, 6) is -10.1. The number of ketones is 3. The summed E-state index contributed by atoms with van der Waals surface area (Å²) in [4.78, 5) is 85.6. The predicted molar refractivity (Wildman–Crippen MR) is 249 cm³/mol. The third kappa shape index (κ3) is 10.0. The van der Waals surface area contributed by atoms with E-state index in [1.54, 1.807) is 70.2 Å². The van der Waals surface area contributed by atoms with Crippen LogP contribution in [0.4, 0.5) is 5.69 Å². The molecule has 4 N–H and O–H groups in total. The molecule has 360 valence electrons. The van der Waals surface area contributed by atoms with Gasteiger partial charge in [-0.1, -0.05) is 63.6 Å². The Kier molecular flexibility index (Phi) is 15.3. The molecule has 3 aromatic carbocycles. The SMILES string of the molecule is COc1ccc(NC2=C3NC(=O)/C(C)=C\C=C/[C@H](C)[C@H](O)[C@@H](C)[C@H](O)[C@H](C)[C@H](OC(C)=O)[C@H](C)[C@@H](OC)/C=C\O[C@@]4(C)Oc5c(C)c(OC(=O)c6ccc(C)cc6)c(c(c5C4=O)C2=O)C3=O)cc1. The van der Waals surface area contributed by atoms with Crippen molar-refractivity contribution in [2.45, 2.75) is 92.5 Å². The number of hydrogen-bond donors (Lipinski definition) is 4. The molecule has 1 amide bonds. The van der Waals surface area contributed by atoms with Crippen LogP contribution in [0, 0.1) is 37.5 Å². The van der Waals surface area contributed by atoms with Gasteiger partial charge in [-0.2, -0.15) is 0 Å². The number of esters is 2. The Morgan fingerprint density at radius 1 is 0.809 bits per heavy atom. The Morgan fingerprint density at radius 3 is 2.09 bits per heavy atom. The van der Waals surface area contributed by atoms with Crippen molar-refractivity contribution in [3.05, 3.63) is 129 Å². The summed E-state index contributed by atoms with van der Waals surface area (Å²) in [6.45, 7) is 14.1. The molecular formula is C52H58N2O14. The van der Waals surface area contributed by atoms with Gasteiger partial charge in [0.2, 0.25) is 11.6 Å². The number of hydrogen-bond acceptors (Lipinski definition) is 15. The summed E-state index contributed by atoms with van der Waals surface area (Å²) in [7, 11) is 2.89. The molecule has 0 saturated heterocycles. The lowest BCUT2D eigenvalue weighted by atomic mass is 9.78. The van der Waals surface area contributed by atoms with Crippen LogP contribution in [0.3, 0.4) is 0 Å². The van der Waals surface area contributed by atoms with Crippen LogP contribution in [-0.2, 0) is 23.8 Å². The molecule has 68 heavy (non-hydrogen) atoms. The molecule has 3 aliphatic heterocycles. The van der Waals surface area contributed by atoms with Gasteiger partial charge in [0, 0.05) is 61.5 Å². The maximum atomic E-state index is 15.2. The summed E-state index contributed by atoms with van der Waals surface area (Å²) < 4.78 is 35.2. The Labute approximate surface area is 395 Å². The Bertz CT molecular complexity index is 2630. The second-order valence-electron chi connectivity index (χ2n) is 17.6. The normalized spacial score (nSPS) is 28.3. The van der Waals surface area contributed by atoms with Gasteiger partial charge in [-0.15, -0.1) is 0 Å². The number of carbonyl (C=O) groups is 6. The molecule has 3 heterocycles. The lowest BCUT2D eigenvalue weighted by Crippen LogP contribution is -2.46. The third-order valence-corrected chi connectivity index (χ3v) is 12.8. The number of fused-ring (bicyclic) bond motifs is 14. The number of Topliss-reactive ketones (excluding diaryl/α,β-unsaturated/α-hetero) is 3. The number of nitrogens with one attached hydrogen (secondary N) is 2. The molecule has 5 bridgehead atoms. The number of methoxy groups -OCH3 is 2. The van der Waals surface area contributed by atoms with E-state index >= 15 is 9.59 Å². The predicted octanol–water partition coefficient (Wildman–Crippen LogP) is 6.90. The molecule has 0 aromatic heterocycles. The highest BCUT2D eigenvalue weighted by Gasteiger charge is 2.53. The van der Waals surface area contributed by atoms with Crippen LogP contribution in [-0.4, -0.2) is 89.8 Å². The van der Waals surface area contributed by atoms with E-state index in [-0.39, 0.29) is 28.0 Å². The minimum Gasteiger partial charge on any atom is -0.497 e. The van der Waals surface area contributed by atoms with Gasteiger partial charge in [-0.05, 0) is 63.2 Å². The van der Waals surface area contributed by atoms with Crippen molar-refractivity contribution in [1.82, 2.24) is 5.32 Å². The number of carbonyl (C=O) groups excluding carboxylic acids is 6. The van der Waals surface area contributed by atoms with Gasteiger partial charge in [0.05, 0.1) is 53.9 Å². The second-order valence-corrected chi connectivity index (χ2v) is 17.6. The molecule has 4 aliphatic rings. The van der Waals surface area contributed by atoms with E-state index in [2.05, 4.69) is 10.6 Å². The summed E-state index contributed by atoms with van der Waals surface area (Å²) in [5, 5.41) is 28.6. The topological polar surface area (TPSA) is 222 Å². The van der Waals surface area contributed by atoms with Crippen molar-refractivity contribution in [2.24, 2.45) is 23.7 Å². The molecule has 9 atom stereocenters. The number of allylic oxidation sites excluding steroid dienone is 4. The first-order valence-corrected chi connectivity index (χ1v) is 22.2. The van der Waals surface area contributed by atoms with Crippen LogP contribution in [0.25, 0.3) is 0 Å². The van der Waals surface area contributed by atoms with Gasteiger partial charge in [0.15, 0.2) is 0 Å². The number of aliphatic hydroxyl groups is 2. The first-order chi connectivity index (χ1) is 32.1. The highest BCUT2D eigenvalue weighted by molar-refractivity contribution is 6.33. The molecule has 0 radical (unpaired) electrons. The lowest BCUT2D eigenvalue weighted by molar-refractivity contribution is -0.160. The zero-order valence-corrected chi connectivity index (χ0v) is 39.9. The summed E-state index contributed by atoms with van der Waals surface area (Å²) in [5.41, 5.74) is -0.859. The first kappa shape index (κ1) is 50.5. The van der Waals surface area contributed by atoms with E-state index in [4.69, 9.17) is 28.4 Å². The highest BCUT2D eigenvalue weighted by Crippen LogP contribution is 2.49. The van der Waals surface area contributed by atoms with Crippen molar-refractivity contribution >= 4 is 40.9 Å². The molecule has 3 aromatic rings. The fraction of sp³-hybridized carbons (Fsp3) is 0.385. The number of aliphatic hydroxyl groups excluding tert-OH is 2. The van der Waals surface area contributed by atoms with Crippen LogP contribution in [0.15, 0.2) is 96.1 Å². The fourth-order valence-electron chi connectivity index (χ4n) is 8.58. The number of benzene rings is 3. The minimum atomic E-state index is -2.19. The first-order valence-electron chi connectivity index (χ1n) is 22.2. The smallest absolute Gasteiger partial charge is 0.343 e. The zero-order chi connectivity index (χ0) is 49.9. The Balaban J connectivity index is 1.57. The van der Waals surface area contributed by atoms with Crippen molar-refractivity contribution in [1.29, 1.82) is 0 Å². The maximum absolute atomic E-state index is 15.2. The maximum Gasteiger partial charge on any atom is 0.343 e. The quantitative estimate of drug-likeness (QED) is 0.140. The van der Waals surface area contributed by atoms with Gasteiger partial charge in [0.25, 0.3) is 11.7 Å². The second kappa shape index (κ2) is 20.6. The van der Waals surface area contributed by atoms with E-state index in [9.17, 15) is 29.4 Å². The van der Waals surface area contributed by atoms with E-state index in [1.165, 1.54) is 72.3 Å². The van der Waals surface area contributed by atoms with Gasteiger partial charge in [-0.25, -0.2) is 4.79 Å². The van der Waals surface area contributed by atoms with Crippen LogP contribution in [0.1, 0.15) is 101 Å². The van der Waals surface area contributed by atoms with Crippen LogP contribution in [0.2, 0.25) is 0 Å². The average Bonchev–Trinajstić information content (AvgIpc) is 3.58. The van der Waals surface area contributed by atoms with E-state index in [0.29, 0.717) is 11.4 Å². The molecule has 16 heteroatoms. The molecular weight excluding hydrogens is 877 g/mol. The van der Waals surface area contributed by atoms with Crippen LogP contribution in [0.5, 0.6) is 17.2 Å². The molecule has 0 spiro atoms. The minimum absolute atomic E-state index is 0.000290. The monoisotopic (exact) mass is 934 g/mol. The van der Waals surface area contributed by atoms with Gasteiger partial charge in [-0.3, -0.25) is 24.0 Å². The highest BCUT2D eigenvalue weighted by atomic mass is 16.7. The zero-order valence-electron chi connectivity index (χ0n) is 39.9. The summed E-state index contributed by atoms with van der Waals surface area (Å²) in [6, 6.07) is 12.8. The van der Waals surface area contributed by atoms with E-state index in [1.807, 2.05) is 6.92 Å². The number of anilines is 1. The number of rotatable bonds is 7. The molecule has 7 rings (SSSR count).